The van der Waals surface area contributed by atoms with E-state index in [-0.39, 0.29) is 5.54 Å². The minimum atomic E-state index is 0.163. The molecule has 2 unspecified atom stereocenters. The molecule has 2 rings (SSSR count). The predicted molar refractivity (Wildman–Crippen MR) is 74.6 cm³/mol. The zero-order chi connectivity index (χ0) is 12.5. The summed E-state index contributed by atoms with van der Waals surface area (Å²) in [5.74, 6) is 0.812. The molecule has 1 fully saturated rings. The zero-order valence-electron chi connectivity index (χ0n) is 11.5. The van der Waals surface area contributed by atoms with Gasteiger partial charge in [0.15, 0.2) is 0 Å². The van der Waals surface area contributed by atoms with E-state index in [1.54, 1.807) is 0 Å². The van der Waals surface area contributed by atoms with Crippen molar-refractivity contribution < 1.29 is 0 Å². The summed E-state index contributed by atoms with van der Waals surface area (Å²) in [6, 6.07) is 0. The Morgan fingerprint density at radius 2 is 2.24 bits per heavy atom. The van der Waals surface area contributed by atoms with E-state index in [1.807, 2.05) is 11.3 Å². The van der Waals surface area contributed by atoms with Crippen LogP contribution in [0.4, 0.5) is 0 Å². The van der Waals surface area contributed by atoms with Crippen LogP contribution in [0.3, 0.4) is 0 Å². The van der Waals surface area contributed by atoms with Gasteiger partial charge in [0.05, 0.1) is 11.2 Å². The minimum absolute atomic E-state index is 0.163. The molecule has 0 aromatic carbocycles. The van der Waals surface area contributed by atoms with Gasteiger partial charge in [-0.2, -0.15) is 0 Å². The van der Waals surface area contributed by atoms with E-state index in [0.717, 1.165) is 12.5 Å². The van der Waals surface area contributed by atoms with Crippen LogP contribution in [0, 0.1) is 19.8 Å². The molecule has 1 aromatic rings. The third kappa shape index (κ3) is 2.55. The number of rotatable bonds is 3. The number of nitrogens with one attached hydrogen (secondary N) is 1. The highest BCUT2D eigenvalue weighted by molar-refractivity contribution is 7.11. The number of aromatic nitrogens is 1. The normalized spacial score (nSPS) is 29.5. The van der Waals surface area contributed by atoms with E-state index in [2.05, 4.69) is 33.0 Å². The van der Waals surface area contributed by atoms with Crippen LogP contribution in [0.5, 0.6) is 0 Å². The molecule has 1 aliphatic rings. The lowest BCUT2D eigenvalue weighted by molar-refractivity contribution is 0.190. The third-order valence-electron chi connectivity index (χ3n) is 3.95. The van der Waals surface area contributed by atoms with Gasteiger partial charge in [0.1, 0.15) is 5.01 Å². The summed E-state index contributed by atoms with van der Waals surface area (Å²) in [5.41, 5.74) is 1.37. The van der Waals surface area contributed by atoms with Crippen molar-refractivity contribution in [3.8, 4) is 0 Å². The number of aryl methyl sites for hydroxylation is 2. The quantitative estimate of drug-likeness (QED) is 0.885. The van der Waals surface area contributed by atoms with Gasteiger partial charge in [-0.25, -0.2) is 4.98 Å². The van der Waals surface area contributed by atoms with Crippen LogP contribution in [0.1, 0.15) is 55.1 Å². The Bertz CT molecular complexity index is 362. The first-order chi connectivity index (χ1) is 8.07. The van der Waals surface area contributed by atoms with Crippen LogP contribution in [-0.2, 0) is 5.54 Å². The number of hydrogen-bond donors (Lipinski definition) is 1. The summed E-state index contributed by atoms with van der Waals surface area (Å²) in [6.07, 6.45) is 5.19. The van der Waals surface area contributed by atoms with Crippen molar-refractivity contribution in [2.45, 2.75) is 58.9 Å². The second-order valence-corrected chi connectivity index (χ2v) is 6.68. The smallest absolute Gasteiger partial charge is 0.113 e. The lowest BCUT2D eigenvalue weighted by Crippen LogP contribution is -2.45. The van der Waals surface area contributed by atoms with Crippen molar-refractivity contribution in [2.24, 2.45) is 5.92 Å². The lowest BCUT2D eigenvalue weighted by atomic mass is 9.76. The first kappa shape index (κ1) is 13.0. The molecule has 1 saturated carbocycles. The van der Waals surface area contributed by atoms with Gasteiger partial charge >= 0.3 is 0 Å². The summed E-state index contributed by atoms with van der Waals surface area (Å²) in [6.45, 7) is 9.92. The van der Waals surface area contributed by atoms with E-state index < -0.39 is 0 Å². The van der Waals surface area contributed by atoms with Crippen molar-refractivity contribution >= 4 is 11.3 Å². The summed E-state index contributed by atoms with van der Waals surface area (Å²) in [5, 5.41) is 5.05. The maximum Gasteiger partial charge on any atom is 0.113 e. The van der Waals surface area contributed by atoms with Crippen molar-refractivity contribution in [1.29, 1.82) is 0 Å². The Hall–Kier alpha value is -0.410. The van der Waals surface area contributed by atoms with Gasteiger partial charge in [0.25, 0.3) is 0 Å². The Kier molecular flexibility index (Phi) is 3.88. The van der Waals surface area contributed by atoms with E-state index in [1.165, 1.54) is 41.3 Å². The Labute approximate surface area is 109 Å². The van der Waals surface area contributed by atoms with E-state index in [9.17, 15) is 0 Å². The summed E-state index contributed by atoms with van der Waals surface area (Å²) >= 11 is 1.89. The first-order valence-electron chi connectivity index (χ1n) is 6.77. The second-order valence-electron chi connectivity index (χ2n) is 5.47. The standard InChI is InChI=1S/C14H24N2S/c1-5-15-14(8-6-7-10(2)9-14)13-16-11(3)12(4)17-13/h10,15H,5-9H2,1-4H3. The molecule has 0 radical (unpaired) electrons. The number of nitrogens with zero attached hydrogens (tertiary/aromatic N) is 1. The molecule has 96 valence electrons. The molecule has 2 nitrogen and oxygen atoms in total. The molecule has 0 aliphatic heterocycles. The Balaban J connectivity index is 2.32. The van der Waals surface area contributed by atoms with Gasteiger partial charge < -0.3 is 5.32 Å². The number of hydrogen-bond acceptors (Lipinski definition) is 3. The summed E-state index contributed by atoms with van der Waals surface area (Å²) < 4.78 is 0. The highest BCUT2D eigenvalue weighted by Crippen LogP contribution is 2.41. The van der Waals surface area contributed by atoms with Gasteiger partial charge in [-0.05, 0) is 39.2 Å². The fourth-order valence-electron chi connectivity index (χ4n) is 3.00. The topological polar surface area (TPSA) is 24.9 Å². The fourth-order valence-corrected chi connectivity index (χ4v) is 4.12. The van der Waals surface area contributed by atoms with Crippen LogP contribution in [0.25, 0.3) is 0 Å². The Morgan fingerprint density at radius 3 is 2.76 bits per heavy atom. The Morgan fingerprint density at radius 1 is 1.47 bits per heavy atom. The van der Waals surface area contributed by atoms with E-state index in [4.69, 9.17) is 4.98 Å². The van der Waals surface area contributed by atoms with Gasteiger partial charge in [-0.15, -0.1) is 11.3 Å². The molecule has 1 aliphatic carbocycles. The van der Waals surface area contributed by atoms with Crippen LogP contribution in [0.15, 0.2) is 0 Å². The van der Waals surface area contributed by atoms with Crippen LogP contribution in [0.2, 0.25) is 0 Å². The van der Waals surface area contributed by atoms with Crippen LogP contribution >= 0.6 is 11.3 Å². The summed E-state index contributed by atoms with van der Waals surface area (Å²) in [7, 11) is 0. The van der Waals surface area contributed by atoms with Crippen molar-refractivity contribution in [1.82, 2.24) is 10.3 Å². The summed E-state index contributed by atoms with van der Waals surface area (Å²) in [4.78, 5) is 6.19. The lowest BCUT2D eigenvalue weighted by Gasteiger charge is -2.39. The van der Waals surface area contributed by atoms with Gasteiger partial charge in [0, 0.05) is 4.88 Å². The number of thiazole rings is 1. The van der Waals surface area contributed by atoms with E-state index in [0.29, 0.717) is 0 Å². The van der Waals surface area contributed by atoms with Gasteiger partial charge in [0.2, 0.25) is 0 Å². The molecule has 1 aromatic heterocycles. The molecule has 0 amide bonds. The van der Waals surface area contributed by atoms with Gasteiger partial charge in [-0.1, -0.05) is 26.7 Å². The average molecular weight is 252 g/mol. The van der Waals surface area contributed by atoms with Crippen molar-refractivity contribution in [2.75, 3.05) is 6.54 Å². The SMILES string of the molecule is CCNC1(c2nc(C)c(C)s2)CCCC(C)C1. The zero-order valence-corrected chi connectivity index (χ0v) is 12.3. The molecule has 0 saturated heterocycles. The average Bonchev–Trinajstić information content (AvgIpc) is 2.60. The molecule has 2 atom stereocenters. The second kappa shape index (κ2) is 5.07. The van der Waals surface area contributed by atoms with Crippen molar-refractivity contribution in [3.05, 3.63) is 15.6 Å². The van der Waals surface area contributed by atoms with Crippen LogP contribution in [-0.4, -0.2) is 11.5 Å². The molecule has 1 N–H and O–H groups in total. The molecule has 0 spiro atoms. The monoisotopic (exact) mass is 252 g/mol. The molecular weight excluding hydrogens is 228 g/mol. The predicted octanol–water partition coefficient (Wildman–Crippen LogP) is 3.77. The first-order valence-corrected chi connectivity index (χ1v) is 7.58. The largest absolute Gasteiger partial charge is 0.306 e. The maximum atomic E-state index is 4.82. The third-order valence-corrected chi connectivity index (χ3v) is 5.23. The van der Waals surface area contributed by atoms with E-state index >= 15 is 0 Å². The minimum Gasteiger partial charge on any atom is -0.306 e. The van der Waals surface area contributed by atoms with Crippen molar-refractivity contribution in [3.63, 3.8) is 0 Å². The molecular formula is C14H24N2S. The maximum absolute atomic E-state index is 4.82. The molecule has 1 heterocycles. The molecule has 17 heavy (non-hydrogen) atoms. The highest BCUT2D eigenvalue weighted by atomic mass is 32.1. The van der Waals surface area contributed by atoms with Gasteiger partial charge in [-0.3, -0.25) is 0 Å². The van der Waals surface area contributed by atoms with Crippen LogP contribution < -0.4 is 5.32 Å². The molecule has 3 heteroatoms. The fraction of sp³-hybridized carbons (Fsp3) is 0.786. The molecule has 0 bridgehead atoms. The highest BCUT2D eigenvalue weighted by Gasteiger charge is 2.38.